The van der Waals surface area contributed by atoms with E-state index in [1.807, 2.05) is 57.2 Å². The highest BCUT2D eigenvalue weighted by Gasteiger charge is 2.35. The molecule has 1 saturated heterocycles. The van der Waals surface area contributed by atoms with Gasteiger partial charge in [0.2, 0.25) is 0 Å². The van der Waals surface area contributed by atoms with Crippen molar-refractivity contribution in [1.29, 1.82) is 0 Å². The Morgan fingerprint density at radius 1 is 0.947 bits per heavy atom. The molecule has 0 aromatic heterocycles. The van der Waals surface area contributed by atoms with Gasteiger partial charge in [-0.05, 0) is 103 Å². The quantitative estimate of drug-likeness (QED) is 0.236. The fourth-order valence-corrected chi connectivity index (χ4v) is 4.80. The van der Waals surface area contributed by atoms with Gasteiger partial charge in [-0.1, -0.05) is 32.0 Å². The molecule has 0 spiro atoms. The van der Waals surface area contributed by atoms with Crippen LogP contribution in [0.3, 0.4) is 0 Å². The summed E-state index contributed by atoms with van der Waals surface area (Å²) in [4.78, 5) is 27.0. The van der Waals surface area contributed by atoms with Crippen molar-refractivity contribution in [3.05, 3.63) is 87.3 Å². The van der Waals surface area contributed by atoms with E-state index in [9.17, 15) is 14.7 Å². The minimum Gasteiger partial charge on any atom is -0.507 e. The highest BCUT2D eigenvalue weighted by Crippen LogP contribution is 2.35. The molecule has 1 heterocycles. The van der Waals surface area contributed by atoms with Gasteiger partial charge < -0.3 is 9.84 Å². The van der Waals surface area contributed by atoms with Crippen LogP contribution in [0.5, 0.6) is 11.5 Å². The molecule has 0 bridgehead atoms. The Morgan fingerprint density at radius 3 is 2.37 bits per heavy atom. The van der Waals surface area contributed by atoms with E-state index in [2.05, 4.69) is 24.1 Å². The largest absolute Gasteiger partial charge is 0.507 e. The monoisotopic (exact) mass is 529 g/mol. The van der Waals surface area contributed by atoms with Gasteiger partial charge in [-0.25, -0.2) is 0 Å². The molecular formula is C30H31N3O4S. The topological polar surface area (TPSA) is 91.6 Å². The predicted molar refractivity (Wildman–Crippen MR) is 152 cm³/mol. The zero-order chi connectivity index (χ0) is 27.4. The summed E-state index contributed by atoms with van der Waals surface area (Å²) < 4.78 is 5.97. The van der Waals surface area contributed by atoms with Gasteiger partial charge in [0.15, 0.2) is 0 Å². The van der Waals surface area contributed by atoms with Gasteiger partial charge in [0.25, 0.3) is 11.1 Å². The summed E-state index contributed by atoms with van der Waals surface area (Å²) in [6.45, 7) is 10.5. The minimum absolute atomic E-state index is 0.0223. The van der Waals surface area contributed by atoms with Crippen molar-refractivity contribution in [3.8, 4) is 11.5 Å². The zero-order valence-corrected chi connectivity index (χ0v) is 23.0. The average Bonchev–Trinajstić information content (AvgIpc) is 3.13. The van der Waals surface area contributed by atoms with E-state index in [4.69, 9.17) is 4.74 Å². The second-order valence-electron chi connectivity index (χ2n) is 9.59. The zero-order valence-electron chi connectivity index (χ0n) is 22.2. The lowest BCUT2D eigenvalue weighted by Gasteiger charge is -2.17. The van der Waals surface area contributed by atoms with E-state index in [0.29, 0.717) is 11.3 Å². The van der Waals surface area contributed by atoms with Gasteiger partial charge >= 0.3 is 0 Å². The smallest absolute Gasteiger partial charge is 0.293 e. The van der Waals surface area contributed by atoms with Crippen LogP contribution in [0.15, 0.2) is 69.7 Å². The summed E-state index contributed by atoms with van der Waals surface area (Å²) in [6.07, 6.45) is 1.51. The highest BCUT2D eigenvalue weighted by atomic mass is 32.2. The van der Waals surface area contributed by atoms with Crippen molar-refractivity contribution >= 4 is 40.4 Å². The fraction of sp³-hybridized carbons (Fsp3) is 0.267. The summed E-state index contributed by atoms with van der Waals surface area (Å²) in [5.41, 5.74) is 6.06. The summed E-state index contributed by atoms with van der Waals surface area (Å²) in [7, 11) is 0. The van der Waals surface area contributed by atoms with Crippen LogP contribution in [0, 0.1) is 20.8 Å². The maximum absolute atomic E-state index is 13.0. The summed E-state index contributed by atoms with van der Waals surface area (Å²) in [5, 5.41) is 18.5. The minimum atomic E-state index is -0.418. The first-order chi connectivity index (χ1) is 18.1. The van der Waals surface area contributed by atoms with Crippen LogP contribution in [-0.4, -0.2) is 34.3 Å². The maximum atomic E-state index is 13.0. The number of aryl methyl sites for hydroxylation is 3. The molecule has 0 unspecified atom stereocenters. The van der Waals surface area contributed by atoms with Crippen molar-refractivity contribution in [3.63, 3.8) is 0 Å². The fourth-order valence-electron chi connectivity index (χ4n) is 3.95. The van der Waals surface area contributed by atoms with Crippen LogP contribution in [0.25, 0.3) is 6.08 Å². The normalized spacial score (nSPS) is 14.9. The molecular weight excluding hydrogens is 498 g/mol. The number of imide groups is 1. The van der Waals surface area contributed by atoms with Crippen molar-refractivity contribution in [2.24, 2.45) is 10.2 Å². The van der Waals surface area contributed by atoms with Crippen LogP contribution >= 0.6 is 11.8 Å². The van der Waals surface area contributed by atoms with Gasteiger partial charge in [0.1, 0.15) is 18.1 Å². The number of azo groups is 1. The molecule has 196 valence electrons. The number of thioether (sulfide) groups is 1. The third kappa shape index (κ3) is 6.31. The van der Waals surface area contributed by atoms with Crippen LogP contribution in [0.1, 0.15) is 47.6 Å². The molecule has 38 heavy (non-hydrogen) atoms. The SMILES string of the molecule is Cc1ccc(C(C)C)c(OCCN2C(=O)S/C(=C\c3cc(N=Nc4ccc(C)c(C)c4)ccc3O)C2=O)c1. The van der Waals surface area contributed by atoms with Crippen molar-refractivity contribution in [2.75, 3.05) is 13.2 Å². The molecule has 3 aromatic rings. The molecule has 0 saturated carbocycles. The van der Waals surface area contributed by atoms with Gasteiger partial charge in [-0.2, -0.15) is 10.2 Å². The van der Waals surface area contributed by atoms with Gasteiger partial charge in [0, 0.05) is 5.56 Å². The Hall–Kier alpha value is -3.91. The Bertz CT molecular complexity index is 1450. The van der Waals surface area contributed by atoms with Crippen molar-refractivity contribution in [1.82, 2.24) is 4.90 Å². The van der Waals surface area contributed by atoms with E-state index < -0.39 is 5.91 Å². The lowest BCUT2D eigenvalue weighted by molar-refractivity contribution is -0.123. The van der Waals surface area contributed by atoms with E-state index in [1.165, 1.54) is 22.6 Å². The molecule has 1 aliphatic rings. The molecule has 8 heteroatoms. The molecule has 7 nitrogen and oxygen atoms in total. The Kier molecular flexibility index (Phi) is 8.32. The second-order valence-corrected chi connectivity index (χ2v) is 10.6. The number of hydrogen-bond acceptors (Lipinski definition) is 7. The van der Waals surface area contributed by atoms with Crippen LogP contribution in [0.2, 0.25) is 0 Å². The number of carbonyl (C=O) groups is 2. The van der Waals surface area contributed by atoms with Gasteiger partial charge in [-0.3, -0.25) is 14.5 Å². The van der Waals surface area contributed by atoms with Gasteiger partial charge in [0.05, 0.1) is 22.8 Å². The number of carbonyl (C=O) groups excluding carboxylic acids is 2. The number of aromatic hydroxyl groups is 1. The third-order valence-corrected chi connectivity index (χ3v) is 7.21. The Morgan fingerprint density at radius 2 is 1.66 bits per heavy atom. The summed E-state index contributed by atoms with van der Waals surface area (Å²) in [6, 6.07) is 16.6. The lowest BCUT2D eigenvalue weighted by Crippen LogP contribution is -2.32. The number of rotatable bonds is 8. The van der Waals surface area contributed by atoms with E-state index in [-0.39, 0.29) is 35.0 Å². The molecule has 1 aliphatic heterocycles. The van der Waals surface area contributed by atoms with Crippen molar-refractivity contribution in [2.45, 2.75) is 40.5 Å². The Labute approximate surface area is 227 Å². The number of phenolic OH excluding ortho intramolecular Hbond substituents is 1. The molecule has 0 atom stereocenters. The molecule has 2 amide bonds. The maximum Gasteiger partial charge on any atom is 0.293 e. The summed E-state index contributed by atoms with van der Waals surface area (Å²) >= 11 is 0.839. The van der Waals surface area contributed by atoms with E-state index >= 15 is 0 Å². The average molecular weight is 530 g/mol. The van der Waals surface area contributed by atoms with E-state index in [1.54, 1.807) is 12.1 Å². The predicted octanol–water partition coefficient (Wildman–Crippen LogP) is 7.97. The van der Waals surface area contributed by atoms with Crippen LogP contribution < -0.4 is 4.74 Å². The summed E-state index contributed by atoms with van der Waals surface area (Å²) in [5.74, 6) is 0.610. The molecule has 1 N–H and O–H groups in total. The van der Waals surface area contributed by atoms with Crippen LogP contribution in [-0.2, 0) is 4.79 Å². The first kappa shape index (κ1) is 27.1. The van der Waals surface area contributed by atoms with Gasteiger partial charge in [-0.15, -0.1) is 0 Å². The number of hydrogen-bond donors (Lipinski definition) is 1. The number of benzene rings is 3. The molecule has 3 aromatic carbocycles. The molecule has 1 fully saturated rings. The highest BCUT2D eigenvalue weighted by molar-refractivity contribution is 8.18. The molecule has 0 radical (unpaired) electrons. The number of phenols is 1. The number of amides is 2. The standard InChI is InChI=1S/C30H31N3O4S/c1-18(2)25-10-6-19(3)14-27(25)37-13-12-33-29(35)28(38-30(33)36)17-22-16-24(9-11-26(22)34)32-31-23-8-7-20(4)21(5)15-23/h6-11,14-18,34H,12-13H2,1-5H3/b28-17-,32-31?. The second kappa shape index (κ2) is 11.6. The first-order valence-electron chi connectivity index (χ1n) is 12.4. The van der Waals surface area contributed by atoms with E-state index in [0.717, 1.165) is 39.9 Å². The number of nitrogens with zero attached hydrogens (tertiary/aromatic N) is 3. The lowest BCUT2D eigenvalue weighted by atomic mass is 10.0. The number of ether oxygens (including phenoxy) is 1. The van der Waals surface area contributed by atoms with Crippen LogP contribution in [0.4, 0.5) is 16.2 Å². The van der Waals surface area contributed by atoms with Crippen molar-refractivity contribution < 1.29 is 19.4 Å². The molecule has 0 aliphatic carbocycles. The molecule has 4 rings (SSSR count). The Balaban J connectivity index is 1.46. The first-order valence-corrected chi connectivity index (χ1v) is 13.2. The third-order valence-electron chi connectivity index (χ3n) is 6.31.